The van der Waals surface area contributed by atoms with Crippen molar-refractivity contribution in [3.05, 3.63) is 29.0 Å². The number of hydrogen-bond acceptors (Lipinski definition) is 6. The molecule has 1 aromatic carbocycles. The van der Waals surface area contributed by atoms with Crippen molar-refractivity contribution in [1.29, 1.82) is 0 Å². The standard InChI is InChI=1S/C8H6ClFN4O2S2/c9-5-2-1-4(10)3-6(5)14-18(15,16)8-13-12-7(11)17-8/h1-3,14H,(H2,11,12). The van der Waals surface area contributed by atoms with Crippen molar-refractivity contribution in [2.45, 2.75) is 4.34 Å². The van der Waals surface area contributed by atoms with E-state index in [-0.39, 0.29) is 20.2 Å². The van der Waals surface area contributed by atoms with Gasteiger partial charge in [0.2, 0.25) is 5.13 Å². The third kappa shape index (κ3) is 2.68. The molecular weight excluding hydrogens is 303 g/mol. The fourth-order valence-electron chi connectivity index (χ4n) is 1.09. The Morgan fingerprint density at radius 2 is 2.11 bits per heavy atom. The molecule has 0 saturated heterocycles. The zero-order chi connectivity index (χ0) is 13.3. The Kier molecular flexibility index (Phi) is 3.37. The molecule has 0 amide bonds. The number of aromatic nitrogens is 2. The number of hydrogen-bond donors (Lipinski definition) is 2. The van der Waals surface area contributed by atoms with E-state index in [0.717, 1.165) is 12.1 Å². The zero-order valence-electron chi connectivity index (χ0n) is 8.59. The molecule has 0 aliphatic carbocycles. The molecule has 0 spiro atoms. The molecule has 18 heavy (non-hydrogen) atoms. The van der Waals surface area contributed by atoms with Crippen molar-refractivity contribution < 1.29 is 12.8 Å². The smallest absolute Gasteiger partial charge is 0.291 e. The summed E-state index contributed by atoms with van der Waals surface area (Å²) in [6, 6.07) is 3.32. The monoisotopic (exact) mass is 308 g/mol. The van der Waals surface area contributed by atoms with Crippen molar-refractivity contribution >= 4 is 43.8 Å². The molecule has 0 radical (unpaired) electrons. The number of anilines is 2. The number of nitrogens with zero attached hydrogens (tertiary/aromatic N) is 2. The second kappa shape index (κ2) is 4.67. The van der Waals surface area contributed by atoms with Gasteiger partial charge in [-0.05, 0) is 18.2 Å². The Morgan fingerprint density at radius 1 is 1.39 bits per heavy atom. The summed E-state index contributed by atoms with van der Waals surface area (Å²) in [6.45, 7) is 0. The maximum atomic E-state index is 13.0. The number of nitrogen functional groups attached to an aromatic ring is 1. The molecule has 0 fully saturated rings. The van der Waals surface area contributed by atoms with Crippen molar-refractivity contribution in [2.24, 2.45) is 0 Å². The molecular formula is C8H6ClFN4O2S2. The van der Waals surface area contributed by atoms with Crippen LogP contribution in [0.4, 0.5) is 15.2 Å². The van der Waals surface area contributed by atoms with E-state index in [2.05, 4.69) is 14.9 Å². The highest BCUT2D eigenvalue weighted by molar-refractivity contribution is 7.94. The van der Waals surface area contributed by atoms with E-state index in [9.17, 15) is 12.8 Å². The van der Waals surface area contributed by atoms with Crippen LogP contribution in [0.3, 0.4) is 0 Å². The Hall–Kier alpha value is -1.45. The maximum absolute atomic E-state index is 13.0. The first-order valence-corrected chi connectivity index (χ1v) is 7.13. The summed E-state index contributed by atoms with van der Waals surface area (Å²) in [5.41, 5.74) is 5.21. The van der Waals surface area contributed by atoms with E-state index < -0.39 is 15.8 Å². The summed E-state index contributed by atoms with van der Waals surface area (Å²) in [5.74, 6) is -0.617. The molecule has 6 nitrogen and oxygen atoms in total. The SMILES string of the molecule is Nc1nnc(S(=O)(=O)Nc2cc(F)ccc2Cl)s1. The molecule has 10 heteroatoms. The normalized spacial score (nSPS) is 11.4. The Balaban J connectivity index is 2.36. The van der Waals surface area contributed by atoms with Gasteiger partial charge in [0.25, 0.3) is 14.4 Å². The lowest BCUT2D eigenvalue weighted by Gasteiger charge is -2.06. The number of nitrogens with two attached hydrogens (primary N) is 1. The lowest BCUT2D eigenvalue weighted by Crippen LogP contribution is -2.13. The maximum Gasteiger partial charge on any atom is 0.291 e. The van der Waals surface area contributed by atoms with Gasteiger partial charge in [-0.25, -0.2) is 4.39 Å². The number of sulfonamides is 1. The highest BCUT2D eigenvalue weighted by Gasteiger charge is 2.21. The number of benzene rings is 1. The fraction of sp³-hybridized carbons (Fsp3) is 0. The minimum Gasteiger partial charge on any atom is -0.374 e. The molecule has 2 aromatic rings. The molecule has 1 heterocycles. The highest BCUT2D eigenvalue weighted by atomic mass is 35.5. The second-order valence-electron chi connectivity index (χ2n) is 3.14. The van der Waals surface area contributed by atoms with Crippen LogP contribution in [0.15, 0.2) is 22.5 Å². The van der Waals surface area contributed by atoms with Crippen molar-refractivity contribution in [2.75, 3.05) is 10.5 Å². The summed E-state index contributed by atoms with van der Waals surface area (Å²) in [6.07, 6.45) is 0. The van der Waals surface area contributed by atoms with Crippen LogP contribution < -0.4 is 10.5 Å². The molecule has 0 bridgehead atoms. The van der Waals surface area contributed by atoms with Crippen molar-refractivity contribution in [1.82, 2.24) is 10.2 Å². The van der Waals surface area contributed by atoms with Crippen molar-refractivity contribution in [3.8, 4) is 0 Å². The van der Waals surface area contributed by atoms with E-state index in [1.807, 2.05) is 0 Å². The van der Waals surface area contributed by atoms with Crippen LogP contribution in [0, 0.1) is 5.82 Å². The average molecular weight is 309 g/mol. The fourth-order valence-corrected chi connectivity index (χ4v) is 3.17. The Bertz CT molecular complexity index is 688. The van der Waals surface area contributed by atoms with E-state index >= 15 is 0 Å². The third-order valence-electron chi connectivity index (χ3n) is 1.82. The van der Waals surface area contributed by atoms with Gasteiger partial charge in [-0.1, -0.05) is 22.9 Å². The van der Waals surface area contributed by atoms with Crippen LogP contribution >= 0.6 is 22.9 Å². The lowest BCUT2D eigenvalue weighted by atomic mass is 10.3. The molecule has 3 N–H and O–H groups in total. The average Bonchev–Trinajstić information content (AvgIpc) is 2.71. The van der Waals surface area contributed by atoms with Gasteiger partial charge in [-0.15, -0.1) is 10.2 Å². The molecule has 96 valence electrons. The molecule has 0 aliphatic rings. The highest BCUT2D eigenvalue weighted by Crippen LogP contribution is 2.26. The summed E-state index contributed by atoms with van der Waals surface area (Å²) >= 11 is 6.44. The Labute approximate surface area is 111 Å². The summed E-state index contributed by atoms with van der Waals surface area (Å²) in [4.78, 5) is 0. The van der Waals surface area contributed by atoms with Crippen LogP contribution in [-0.2, 0) is 10.0 Å². The van der Waals surface area contributed by atoms with Gasteiger partial charge in [0, 0.05) is 0 Å². The predicted octanol–water partition coefficient (Wildman–Crippen LogP) is 1.71. The number of halogens is 2. The summed E-state index contributed by atoms with van der Waals surface area (Å²) in [5, 5.41) is 6.86. The molecule has 0 atom stereocenters. The van der Waals surface area contributed by atoms with Crippen LogP contribution in [-0.4, -0.2) is 18.6 Å². The van der Waals surface area contributed by atoms with Crippen LogP contribution in [0.2, 0.25) is 5.02 Å². The molecule has 0 saturated carbocycles. The first-order valence-electron chi connectivity index (χ1n) is 4.45. The predicted molar refractivity (Wildman–Crippen MR) is 66.5 cm³/mol. The topological polar surface area (TPSA) is 98.0 Å². The van der Waals surface area contributed by atoms with Gasteiger partial charge < -0.3 is 5.73 Å². The van der Waals surface area contributed by atoms with Crippen LogP contribution in [0.25, 0.3) is 0 Å². The quantitative estimate of drug-likeness (QED) is 0.899. The molecule has 0 unspecified atom stereocenters. The third-order valence-corrected chi connectivity index (χ3v) is 4.64. The minimum atomic E-state index is -3.97. The van der Waals surface area contributed by atoms with Gasteiger partial charge in [-0.3, -0.25) is 4.72 Å². The van der Waals surface area contributed by atoms with Gasteiger partial charge >= 0.3 is 0 Å². The largest absolute Gasteiger partial charge is 0.374 e. The minimum absolute atomic E-state index is 0.0146. The first kappa shape index (κ1) is 13.0. The lowest BCUT2D eigenvalue weighted by molar-refractivity contribution is 0.599. The van der Waals surface area contributed by atoms with Crippen LogP contribution in [0.5, 0.6) is 0 Å². The van der Waals surface area contributed by atoms with E-state index in [0.29, 0.717) is 11.3 Å². The van der Waals surface area contributed by atoms with Gasteiger partial charge in [-0.2, -0.15) is 8.42 Å². The second-order valence-corrected chi connectivity index (χ2v) is 6.41. The zero-order valence-corrected chi connectivity index (χ0v) is 11.0. The van der Waals surface area contributed by atoms with Crippen molar-refractivity contribution in [3.63, 3.8) is 0 Å². The van der Waals surface area contributed by atoms with E-state index in [4.69, 9.17) is 17.3 Å². The molecule has 1 aromatic heterocycles. The molecule has 0 aliphatic heterocycles. The number of rotatable bonds is 3. The summed E-state index contributed by atoms with van der Waals surface area (Å²) < 4.78 is 38.5. The van der Waals surface area contributed by atoms with Gasteiger partial charge in [0.15, 0.2) is 0 Å². The first-order chi connectivity index (χ1) is 8.38. The summed E-state index contributed by atoms with van der Waals surface area (Å²) in [7, 11) is -3.97. The van der Waals surface area contributed by atoms with E-state index in [1.165, 1.54) is 6.07 Å². The van der Waals surface area contributed by atoms with E-state index in [1.54, 1.807) is 0 Å². The van der Waals surface area contributed by atoms with Crippen LogP contribution in [0.1, 0.15) is 0 Å². The Morgan fingerprint density at radius 3 is 2.72 bits per heavy atom. The number of nitrogens with one attached hydrogen (secondary N) is 1. The van der Waals surface area contributed by atoms with Gasteiger partial charge in [0.05, 0.1) is 10.7 Å². The molecule has 2 rings (SSSR count). The van der Waals surface area contributed by atoms with Gasteiger partial charge in [0.1, 0.15) is 5.82 Å².